The van der Waals surface area contributed by atoms with E-state index in [2.05, 4.69) is 25.9 Å². The molecule has 1 aromatic carbocycles. The number of benzene rings is 1. The molecule has 1 N–H and O–H groups in total. The zero-order valence-electron chi connectivity index (χ0n) is 12.7. The van der Waals surface area contributed by atoms with Crippen molar-refractivity contribution in [3.8, 4) is 0 Å². The van der Waals surface area contributed by atoms with Crippen LogP contribution in [0.3, 0.4) is 0 Å². The maximum atomic E-state index is 13.1. The highest BCUT2D eigenvalue weighted by molar-refractivity contribution is 5.89. The van der Waals surface area contributed by atoms with E-state index in [-0.39, 0.29) is 24.5 Å². The average Bonchev–Trinajstić information content (AvgIpc) is 3.19. The second-order valence-corrected chi connectivity index (χ2v) is 5.08. The van der Waals surface area contributed by atoms with Crippen LogP contribution in [0.2, 0.25) is 0 Å². The summed E-state index contributed by atoms with van der Waals surface area (Å²) in [5.41, 5.74) is -0.689. The Hall–Kier alpha value is -3.24. The van der Waals surface area contributed by atoms with Crippen LogP contribution in [0.15, 0.2) is 42.9 Å². The standard InChI is InChI=1S/C14H12F3N7O/c15-14(16,17)11-4-2-1-3-10(11)7-24-12(5-6-19-24)20-13(25)8-23-9-18-21-22-23/h1-6,9H,7-8H2,(H,20,25). The lowest BCUT2D eigenvalue weighted by molar-refractivity contribution is -0.138. The van der Waals surface area contributed by atoms with Crippen LogP contribution in [0, 0.1) is 0 Å². The van der Waals surface area contributed by atoms with Crippen molar-refractivity contribution in [2.45, 2.75) is 19.3 Å². The van der Waals surface area contributed by atoms with Gasteiger partial charge in [0.05, 0.1) is 18.3 Å². The number of carbonyl (C=O) groups is 1. The molecule has 0 bridgehead atoms. The van der Waals surface area contributed by atoms with Crippen molar-refractivity contribution in [2.24, 2.45) is 0 Å². The molecule has 0 aliphatic carbocycles. The van der Waals surface area contributed by atoms with Gasteiger partial charge in [0.25, 0.3) is 0 Å². The third-order valence-electron chi connectivity index (χ3n) is 3.32. The fourth-order valence-electron chi connectivity index (χ4n) is 2.24. The molecule has 0 spiro atoms. The molecule has 3 rings (SSSR count). The molecule has 2 aromatic heterocycles. The molecule has 130 valence electrons. The molecule has 0 radical (unpaired) electrons. The first-order valence-electron chi connectivity index (χ1n) is 7.11. The Balaban J connectivity index is 1.76. The highest BCUT2D eigenvalue weighted by Gasteiger charge is 2.33. The minimum atomic E-state index is -4.47. The Morgan fingerprint density at radius 3 is 2.72 bits per heavy atom. The first-order chi connectivity index (χ1) is 11.9. The average molecular weight is 351 g/mol. The summed E-state index contributed by atoms with van der Waals surface area (Å²) < 4.78 is 41.7. The Labute approximate surface area is 139 Å². The van der Waals surface area contributed by atoms with Crippen LogP contribution >= 0.6 is 0 Å². The fourth-order valence-corrected chi connectivity index (χ4v) is 2.24. The van der Waals surface area contributed by atoms with Gasteiger partial charge in [0.15, 0.2) is 0 Å². The maximum Gasteiger partial charge on any atom is 0.416 e. The highest BCUT2D eigenvalue weighted by atomic mass is 19.4. The molecular formula is C14H12F3N7O. The summed E-state index contributed by atoms with van der Waals surface area (Å²) in [6, 6.07) is 6.72. The highest BCUT2D eigenvalue weighted by Crippen LogP contribution is 2.32. The second kappa shape index (κ2) is 6.71. The molecule has 8 nitrogen and oxygen atoms in total. The van der Waals surface area contributed by atoms with Crippen LogP contribution in [-0.4, -0.2) is 35.9 Å². The smallest absolute Gasteiger partial charge is 0.309 e. The molecule has 3 aromatic rings. The third kappa shape index (κ3) is 4.00. The topological polar surface area (TPSA) is 90.5 Å². The number of hydrogen-bond donors (Lipinski definition) is 1. The molecule has 25 heavy (non-hydrogen) atoms. The van der Waals surface area contributed by atoms with Gasteiger partial charge in [-0.05, 0) is 22.1 Å². The molecule has 0 aliphatic rings. The van der Waals surface area contributed by atoms with E-state index >= 15 is 0 Å². The number of alkyl halides is 3. The summed E-state index contributed by atoms with van der Waals surface area (Å²) in [6.07, 6.45) is -1.80. The number of rotatable bonds is 5. The Morgan fingerprint density at radius 2 is 2.00 bits per heavy atom. The van der Waals surface area contributed by atoms with Gasteiger partial charge in [0, 0.05) is 6.07 Å². The fraction of sp³-hybridized carbons (Fsp3) is 0.214. The first kappa shape index (κ1) is 16.6. The first-order valence-corrected chi connectivity index (χ1v) is 7.11. The lowest BCUT2D eigenvalue weighted by Gasteiger charge is -2.14. The third-order valence-corrected chi connectivity index (χ3v) is 3.32. The number of hydrogen-bond acceptors (Lipinski definition) is 5. The van der Waals surface area contributed by atoms with E-state index in [0.29, 0.717) is 0 Å². The van der Waals surface area contributed by atoms with Gasteiger partial charge in [-0.1, -0.05) is 18.2 Å². The van der Waals surface area contributed by atoms with Gasteiger partial charge >= 0.3 is 6.18 Å². The SMILES string of the molecule is O=C(Cn1cnnn1)Nc1ccnn1Cc1ccccc1C(F)(F)F. The summed E-state index contributed by atoms with van der Waals surface area (Å²) in [4.78, 5) is 12.0. The maximum absolute atomic E-state index is 13.1. The summed E-state index contributed by atoms with van der Waals surface area (Å²) in [7, 11) is 0. The van der Waals surface area contributed by atoms with Crippen LogP contribution in [0.4, 0.5) is 19.0 Å². The predicted octanol–water partition coefficient (Wildman–Crippen LogP) is 1.58. The van der Waals surface area contributed by atoms with Gasteiger partial charge in [-0.15, -0.1) is 5.10 Å². The Kier molecular flexibility index (Phi) is 4.46. The summed E-state index contributed by atoms with van der Waals surface area (Å²) in [5, 5.41) is 16.9. The summed E-state index contributed by atoms with van der Waals surface area (Å²) >= 11 is 0. The van der Waals surface area contributed by atoms with Crippen LogP contribution in [0.1, 0.15) is 11.1 Å². The summed E-state index contributed by atoms with van der Waals surface area (Å²) in [5.74, 6) is -0.159. The Bertz CT molecular complexity index is 857. The number of nitrogens with zero attached hydrogens (tertiary/aromatic N) is 6. The molecule has 0 aliphatic heterocycles. The van der Waals surface area contributed by atoms with Gasteiger partial charge in [0.2, 0.25) is 5.91 Å². The number of amides is 1. The van der Waals surface area contributed by atoms with Crippen molar-refractivity contribution in [3.63, 3.8) is 0 Å². The van der Waals surface area contributed by atoms with Gasteiger partial charge in [0.1, 0.15) is 18.7 Å². The minimum Gasteiger partial charge on any atom is -0.309 e. The molecule has 0 unspecified atom stereocenters. The monoisotopic (exact) mass is 351 g/mol. The van der Waals surface area contributed by atoms with Crippen molar-refractivity contribution in [3.05, 3.63) is 54.0 Å². The molecule has 0 saturated heterocycles. The zero-order valence-corrected chi connectivity index (χ0v) is 12.7. The van der Waals surface area contributed by atoms with Gasteiger partial charge in [-0.25, -0.2) is 9.36 Å². The molecule has 0 atom stereocenters. The number of halogens is 3. The molecular weight excluding hydrogens is 339 g/mol. The number of nitrogens with one attached hydrogen (secondary N) is 1. The lowest BCUT2D eigenvalue weighted by Crippen LogP contribution is -2.22. The lowest BCUT2D eigenvalue weighted by atomic mass is 10.1. The molecule has 2 heterocycles. The van der Waals surface area contributed by atoms with Crippen LogP contribution < -0.4 is 5.32 Å². The number of aromatic nitrogens is 6. The van der Waals surface area contributed by atoms with E-state index in [0.717, 1.165) is 6.07 Å². The van der Waals surface area contributed by atoms with Crippen molar-refractivity contribution in [2.75, 3.05) is 5.32 Å². The van der Waals surface area contributed by atoms with E-state index in [1.54, 1.807) is 0 Å². The van der Waals surface area contributed by atoms with E-state index in [1.165, 1.54) is 46.2 Å². The number of tetrazole rings is 1. The minimum absolute atomic E-state index is 0.0506. The number of carbonyl (C=O) groups excluding carboxylic acids is 1. The van der Waals surface area contributed by atoms with Crippen molar-refractivity contribution in [1.82, 2.24) is 30.0 Å². The summed E-state index contributed by atoms with van der Waals surface area (Å²) in [6.45, 7) is -0.263. The van der Waals surface area contributed by atoms with Crippen LogP contribution in [0.5, 0.6) is 0 Å². The van der Waals surface area contributed by atoms with Crippen molar-refractivity contribution < 1.29 is 18.0 Å². The molecule has 11 heteroatoms. The van der Waals surface area contributed by atoms with Gasteiger partial charge < -0.3 is 5.32 Å². The molecule has 0 fully saturated rings. The van der Waals surface area contributed by atoms with E-state index in [4.69, 9.17) is 0 Å². The van der Waals surface area contributed by atoms with Crippen molar-refractivity contribution in [1.29, 1.82) is 0 Å². The largest absolute Gasteiger partial charge is 0.416 e. The van der Waals surface area contributed by atoms with E-state index < -0.39 is 17.6 Å². The second-order valence-electron chi connectivity index (χ2n) is 5.08. The van der Waals surface area contributed by atoms with Gasteiger partial charge in [-0.2, -0.15) is 18.3 Å². The molecule has 1 amide bonds. The predicted molar refractivity (Wildman–Crippen MR) is 79.2 cm³/mol. The molecule has 0 saturated carbocycles. The van der Waals surface area contributed by atoms with Crippen LogP contribution in [0.25, 0.3) is 0 Å². The number of anilines is 1. The normalized spacial score (nSPS) is 11.5. The zero-order chi connectivity index (χ0) is 17.9. The Morgan fingerprint density at radius 1 is 1.20 bits per heavy atom. The van der Waals surface area contributed by atoms with E-state index in [9.17, 15) is 18.0 Å². The quantitative estimate of drug-likeness (QED) is 0.754. The van der Waals surface area contributed by atoms with E-state index in [1.807, 2.05) is 0 Å². The van der Waals surface area contributed by atoms with Crippen molar-refractivity contribution >= 4 is 11.7 Å². The van der Waals surface area contributed by atoms with Crippen LogP contribution in [-0.2, 0) is 24.1 Å². The van der Waals surface area contributed by atoms with Gasteiger partial charge in [-0.3, -0.25) is 4.79 Å².